The van der Waals surface area contributed by atoms with Crippen molar-refractivity contribution in [2.75, 3.05) is 17.2 Å². The number of aromatic nitrogens is 4. The van der Waals surface area contributed by atoms with Crippen molar-refractivity contribution in [1.29, 1.82) is 0 Å². The van der Waals surface area contributed by atoms with Crippen molar-refractivity contribution in [3.8, 4) is 11.4 Å². The molecule has 0 radical (unpaired) electrons. The molecule has 21 heavy (non-hydrogen) atoms. The molecule has 1 atom stereocenters. The number of nitrogen functional groups attached to an aromatic ring is 1. The molecule has 1 aromatic heterocycles. The number of anilines is 1. The Balaban J connectivity index is 1.90. The predicted octanol–water partition coefficient (Wildman–Crippen LogP) is 0.665. The molecule has 3 rings (SSSR count). The van der Waals surface area contributed by atoms with Crippen molar-refractivity contribution in [2.45, 2.75) is 19.9 Å². The highest BCUT2D eigenvalue weighted by Crippen LogP contribution is 2.27. The molecule has 0 bridgehead atoms. The summed E-state index contributed by atoms with van der Waals surface area (Å²) in [7, 11) is -2.90. The molecule has 1 aliphatic heterocycles. The van der Waals surface area contributed by atoms with Crippen LogP contribution in [0.1, 0.15) is 12.0 Å². The van der Waals surface area contributed by atoms with Crippen LogP contribution in [0.4, 0.5) is 5.69 Å². The van der Waals surface area contributed by atoms with E-state index in [1.165, 1.54) is 0 Å². The fourth-order valence-corrected chi connectivity index (χ4v) is 4.51. The highest BCUT2D eigenvalue weighted by atomic mass is 32.2. The van der Waals surface area contributed by atoms with Gasteiger partial charge in [0.1, 0.15) is 0 Å². The number of sulfone groups is 1. The molecule has 1 aliphatic rings. The van der Waals surface area contributed by atoms with E-state index in [0.717, 1.165) is 11.1 Å². The van der Waals surface area contributed by atoms with Gasteiger partial charge in [0.15, 0.2) is 15.7 Å². The summed E-state index contributed by atoms with van der Waals surface area (Å²) in [5.74, 6) is 1.10. The largest absolute Gasteiger partial charge is 0.398 e. The van der Waals surface area contributed by atoms with Crippen LogP contribution < -0.4 is 5.73 Å². The summed E-state index contributed by atoms with van der Waals surface area (Å²) in [5.41, 5.74) is 8.48. The van der Waals surface area contributed by atoms with Gasteiger partial charge in [-0.15, -0.1) is 5.10 Å². The molecular weight excluding hydrogens is 290 g/mol. The molecule has 1 saturated heterocycles. The van der Waals surface area contributed by atoms with Crippen molar-refractivity contribution < 1.29 is 8.42 Å². The molecule has 7 nitrogen and oxygen atoms in total. The van der Waals surface area contributed by atoms with Gasteiger partial charge in [-0.1, -0.05) is 12.1 Å². The number of hydrogen-bond acceptors (Lipinski definition) is 6. The van der Waals surface area contributed by atoms with Gasteiger partial charge in [0, 0.05) is 17.8 Å². The lowest BCUT2D eigenvalue weighted by Gasteiger charge is -2.11. The minimum Gasteiger partial charge on any atom is -0.398 e. The van der Waals surface area contributed by atoms with Gasteiger partial charge in [-0.05, 0) is 41.3 Å². The van der Waals surface area contributed by atoms with E-state index in [0.29, 0.717) is 24.5 Å². The first kappa shape index (κ1) is 14.0. The average Bonchev–Trinajstić information content (AvgIpc) is 3.00. The van der Waals surface area contributed by atoms with Crippen molar-refractivity contribution in [1.82, 2.24) is 20.2 Å². The summed E-state index contributed by atoms with van der Waals surface area (Å²) in [4.78, 5) is 0. The van der Waals surface area contributed by atoms with Crippen LogP contribution in [0.25, 0.3) is 11.4 Å². The second-order valence-electron chi connectivity index (χ2n) is 5.49. The molecule has 1 aromatic carbocycles. The zero-order valence-electron chi connectivity index (χ0n) is 11.7. The molecule has 2 heterocycles. The van der Waals surface area contributed by atoms with Crippen molar-refractivity contribution >= 4 is 15.5 Å². The molecule has 2 N–H and O–H groups in total. The van der Waals surface area contributed by atoms with Gasteiger partial charge in [0.2, 0.25) is 0 Å². The number of nitrogens with two attached hydrogens (primary N) is 1. The van der Waals surface area contributed by atoms with Crippen LogP contribution in [0.15, 0.2) is 18.2 Å². The molecule has 0 saturated carbocycles. The van der Waals surface area contributed by atoms with E-state index in [4.69, 9.17) is 5.73 Å². The van der Waals surface area contributed by atoms with Crippen LogP contribution in [-0.2, 0) is 16.4 Å². The Kier molecular flexibility index (Phi) is 3.40. The zero-order valence-corrected chi connectivity index (χ0v) is 12.5. The number of aryl methyl sites for hydroxylation is 1. The minimum atomic E-state index is -2.90. The second-order valence-corrected chi connectivity index (χ2v) is 7.72. The summed E-state index contributed by atoms with van der Waals surface area (Å²) < 4.78 is 24.7. The van der Waals surface area contributed by atoms with Gasteiger partial charge < -0.3 is 5.73 Å². The highest BCUT2D eigenvalue weighted by Gasteiger charge is 2.29. The molecule has 0 amide bonds. The SMILES string of the molecule is Cc1cccc(-c2nnnn2CC2CCS(=O)(=O)C2)c1N. The Morgan fingerprint density at radius 2 is 2.24 bits per heavy atom. The maximum atomic E-state index is 11.5. The molecule has 0 spiro atoms. The van der Waals surface area contributed by atoms with E-state index in [1.54, 1.807) is 4.68 Å². The maximum absolute atomic E-state index is 11.5. The first-order valence-corrected chi connectivity index (χ1v) is 8.60. The lowest BCUT2D eigenvalue weighted by Crippen LogP contribution is -2.15. The van der Waals surface area contributed by atoms with Crippen molar-refractivity contribution in [2.24, 2.45) is 5.92 Å². The topological polar surface area (TPSA) is 104 Å². The Labute approximate surface area is 123 Å². The summed E-state index contributed by atoms with van der Waals surface area (Å²) in [6.07, 6.45) is 0.658. The smallest absolute Gasteiger partial charge is 0.184 e. The normalized spacial score (nSPS) is 20.7. The number of tetrazole rings is 1. The van der Waals surface area contributed by atoms with Gasteiger partial charge in [-0.2, -0.15) is 0 Å². The van der Waals surface area contributed by atoms with E-state index < -0.39 is 9.84 Å². The number of benzene rings is 1. The van der Waals surface area contributed by atoms with Crippen LogP contribution in [0.3, 0.4) is 0 Å². The Morgan fingerprint density at radius 1 is 1.43 bits per heavy atom. The number of para-hydroxylation sites is 1. The lowest BCUT2D eigenvalue weighted by molar-refractivity contribution is 0.452. The monoisotopic (exact) mass is 307 g/mol. The van der Waals surface area contributed by atoms with Crippen molar-refractivity contribution in [3.63, 3.8) is 0 Å². The van der Waals surface area contributed by atoms with Crippen molar-refractivity contribution in [3.05, 3.63) is 23.8 Å². The predicted molar refractivity (Wildman–Crippen MR) is 79.2 cm³/mol. The third-order valence-corrected chi connectivity index (χ3v) is 5.69. The summed E-state index contributed by atoms with van der Waals surface area (Å²) >= 11 is 0. The van der Waals surface area contributed by atoms with E-state index >= 15 is 0 Å². The van der Waals surface area contributed by atoms with Crippen LogP contribution in [0.5, 0.6) is 0 Å². The van der Waals surface area contributed by atoms with Crippen LogP contribution in [-0.4, -0.2) is 40.1 Å². The molecule has 1 fully saturated rings. The Hall–Kier alpha value is -1.96. The van der Waals surface area contributed by atoms with Gasteiger partial charge in [-0.25, -0.2) is 13.1 Å². The maximum Gasteiger partial charge on any atom is 0.184 e. The number of rotatable bonds is 3. The first-order valence-electron chi connectivity index (χ1n) is 6.78. The minimum absolute atomic E-state index is 0.0586. The second kappa shape index (κ2) is 5.10. The van der Waals surface area contributed by atoms with Gasteiger partial charge in [0.05, 0.1) is 11.5 Å². The van der Waals surface area contributed by atoms with Gasteiger partial charge in [0.25, 0.3) is 0 Å². The van der Waals surface area contributed by atoms with E-state index in [-0.39, 0.29) is 17.4 Å². The quantitative estimate of drug-likeness (QED) is 0.836. The van der Waals surface area contributed by atoms with Gasteiger partial charge >= 0.3 is 0 Å². The molecule has 112 valence electrons. The van der Waals surface area contributed by atoms with Crippen LogP contribution in [0, 0.1) is 12.8 Å². The molecule has 2 aromatic rings. The Bertz CT molecular complexity index is 769. The summed E-state index contributed by atoms with van der Waals surface area (Å²) in [6.45, 7) is 2.42. The van der Waals surface area contributed by atoms with E-state index in [9.17, 15) is 8.42 Å². The fourth-order valence-electron chi connectivity index (χ4n) is 2.66. The van der Waals surface area contributed by atoms with Crippen LogP contribution >= 0.6 is 0 Å². The first-order chi connectivity index (χ1) is 9.96. The molecule has 8 heteroatoms. The highest BCUT2D eigenvalue weighted by molar-refractivity contribution is 7.91. The molecular formula is C13H17N5O2S. The summed E-state index contributed by atoms with van der Waals surface area (Å²) in [5, 5.41) is 11.7. The van der Waals surface area contributed by atoms with E-state index in [1.807, 2.05) is 25.1 Å². The fraction of sp³-hybridized carbons (Fsp3) is 0.462. The van der Waals surface area contributed by atoms with E-state index in [2.05, 4.69) is 15.5 Å². The third-order valence-electron chi connectivity index (χ3n) is 3.85. The van der Waals surface area contributed by atoms with Crippen LogP contribution in [0.2, 0.25) is 0 Å². The number of hydrogen-bond donors (Lipinski definition) is 1. The van der Waals surface area contributed by atoms with Gasteiger partial charge in [-0.3, -0.25) is 0 Å². The molecule has 0 aliphatic carbocycles. The summed E-state index contributed by atoms with van der Waals surface area (Å²) in [6, 6.07) is 5.70. The Morgan fingerprint density at radius 3 is 2.95 bits per heavy atom. The lowest BCUT2D eigenvalue weighted by atomic mass is 10.1. The number of nitrogens with zero attached hydrogens (tertiary/aromatic N) is 4. The molecule has 1 unspecified atom stereocenters. The zero-order chi connectivity index (χ0) is 15.0. The average molecular weight is 307 g/mol. The standard InChI is InChI=1S/C13H17N5O2S/c1-9-3-2-4-11(12(9)14)13-15-16-17-18(13)7-10-5-6-21(19,20)8-10/h2-4,10H,5-8,14H2,1H3. The third kappa shape index (κ3) is 2.76.